The normalized spacial score (nSPS) is 10.5. The number of hydrogen-bond acceptors (Lipinski definition) is 4. The van der Waals surface area contributed by atoms with Crippen LogP contribution < -0.4 is 10.9 Å². The molecule has 1 heterocycles. The molecule has 7 heteroatoms. The lowest BCUT2D eigenvalue weighted by Gasteiger charge is -2.07. The van der Waals surface area contributed by atoms with E-state index in [2.05, 4.69) is 15.8 Å². The minimum atomic E-state index is -0.350. The highest BCUT2D eigenvalue weighted by Crippen LogP contribution is 2.22. The molecule has 0 unspecified atom stereocenters. The quantitative estimate of drug-likeness (QED) is 0.563. The van der Waals surface area contributed by atoms with Crippen LogP contribution in [0.2, 0.25) is 0 Å². The molecule has 3 rings (SSSR count). The van der Waals surface area contributed by atoms with Gasteiger partial charge in [0.05, 0.1) is 16.8 Å². The third kappa shape index (κ3) is 3.57. The number of hydrogen-bond donors (Lipinski definition) is 2. The molecule has 0 radical (unpaired) electrons. The van der Waals surface area contributed by atoms with Crippen molar-refractivity contribution in [2.45, 2.75) is 5.16 Å². The van der Waals surface area contributed by atoms with Gasteiger partial charge in [-0.1, -0.05) is 42.1 Å². The van der Waals surface area contributed by atoms with Crippen LogP contribution in [0.1, 0.15) is 10.4 Å². The molecule has 0 atom stereocenters. The van der Waals surface area contributed by atoms with E-state index in [1.807, 2.05) is 41.9 Å². The first kappa shape index (κ1) is 16.1. The number of para-hydroxylation sites is 2. The van der Waals surface area contributed by atoms with Crippen LogP contribution in [0, 0.1) is 0 Å². The molecule has 0 fully saturated rings. The molecule has 0 aliphatic rings. The van der Waals surface area contributed by atoms with Crippen LogP contribution in [-0.4, -0.2) is 27.1 Å². The van der Waals surface area contributed by atoms with Gasteiger partial charge in [-0.15, -0.1) is 0 Å². The van der Waals surface area contributed by atoms with Gasteiger partial charge in [0.1, 0.15) is 0 Å². The second-order valence-corrected chi connectivity index (χ2v) is 6.04. The average Bonchev–Trinajstić information content (AvgIpc) is 2.95. The fraction of sp³-hybridized carbons (Fsp3) is 0.118. The van der Waals surface area contributed by atoms with Crippen LogP contribution in [0.3, 0.4) is 0 Å². The van der Waals surface area contributed by atoms with E-state index in [0.717, 1.165) is 16.2 Å². The highest BCUT2D eigenvalue weighted by molar-refractivity contribution is 7.99. The van der Waals surface area contributed by atoms with Gasteiger partial charge in [-0.05, 0) is 24.3 Å². The summed E-state index contributed by atoms with van der Waals surface area (Å²) in [5.74, 6) is -0.486. The van der Waals surface area contributed by atoms with Crippen LogP contribution >= 0.6 is 11.8 Å². The summed E-state index contributed by atoms with van der Waals surface area (Å²) >= 11 is 1.32. The molecule has 2 aromatic carbocycles. The zero-order valence-electron chi connectivity index (χ0n) is 13.0. The first-order valence-corrected chi connectivity index (χ1v) is 8.32. The van der Waals surface area contributed by atoms with Crippen molar-refractivity contribution >= 4 is 34.6 Å². The lowest BCUT2D eigenvalue weighted by molar-refractivity contribution is -0.119. The van der Waals surface area contributed by atoms with Gasteiger partial charge in [-0.3, -0.25) is 20.4 Å². The predicted molar refractivity (Wildman–Crippen MR) is 93.5 cm³/mol. The Morgan fingerprint density at radius 1 is 1.04 bits per heavy atom. The summed E-state index contributed by atoms with van der Waals surface area (Å²) in [6.07, 6.45) is 0. The van der Waals surface area contributed by atoms with Crippen molar-refractivity contribution < 1.29 is 9.59 Å². The Morgan fingerprint density at radius 3 is 2.50 bits per heavy atom. The summed E-state index contributed by atoms with van der Waals surface area (Å²) in [6, 6.07) is 16.5. The number of rotatable bonds is 4. The van der Waals surface area contributed by atoms with Crippen LogP contribution in [0.5, 0.6) is 0 Å². The number of aromatic nitrogens is 2. The number of aryl methyl sites for hydroxylation is 1. The molecule has 2 amide bonds. The third-order valence-corrected chi connectivity index (χ3v) is 4.46. The monoisotopic (exact) mass is 340 g/mol. The lowest BCUT2D eigenvalue weighted by atomic mass is 10.2. The number of imidazole rings is 1. The molecular weight excluding hydrogens is 324 g/mol. The first-order valence-electron chi connectivity index (χ1n) is 7.33. The molecular formula is C17H16N4O2S. The van der Waals surface area contributed by atoms with Gasteiger partial charge < -0.3 is 4.57 Å². The van der Waals surface area contributed by atoms with Gasteiger partial charge in [0.15, 0.2) is 5.16 Å². The Bertz CT molecular complexity index is 877. The van der Waals surface area contributed by atoms with Crippen molar-refractivity contribution in [1.82, 2.24) is 20.4 Å². The summed E-state index contributed by atoms with van der Waals surface area (Å²) < 4.78 is 1.94. The number of benzene rings is 2. The largest absolute Gasteiger partial charge is 0.322 e. The van der Waals surface area contributed by atoms with E-state index in [1.165, 1.54) is 11.8 Å². The van der Waals surface area contributed by atoms with Crippen LogP contribution in [0.25, 0.3) is 11.0 Å². The van der Waals surface area contributed by atoms with E-state index in [9.17, 15) is 9.59 Å². The summed E-state index contributed by atoms with van der Waals surface area (Å²) in [5, 5.41) is 0.751. The van der Waals surface area contributed by atoms with Crippen LogP contribution in [0.4, 0.5) is 0 Å². The van der Waals surface area contributed by atoms with E-state index >= 15 is 0 Å². The Morgan fingerprint density at radius 2 is 1.75 bits per heavy atom. The van der Waals surface area contributed by atoms with Crippen LogP contribution in [0.15, 0.2) is 59.8 Å². The minimum absolute atomic E-state index is 0.159. The van der Waals surface area contributed by atoms with E-state index in [4.69, 9.17) is 0 Å². The number of nitrogens with zero attached hydrogens (tertiary/aromatic N) is 2. The number of hydrazine groups is 1. The molecule has 122 valence electrons. The smallest absolute Gasteiger partial charge is 0.269 e. The highest BCUT2D eigenvalue weighted by atomic mass is 32.2. The Hall–Kier alpha value is -2.80. The average molecular weight is 340 g/mol. The molecule has 6 nitrogen and oxygen atoms in total. The predicted octanol–water partition coefficient (Wildman–Crippen LogP) is 2.13. The van der Waals surface area contributed by atoms with E-state index in [0.29, 0.717) is 5.56 Å². The third-order valence-electron chi connectivity index (χ3n) is 3.43. The van der Waals surface area contributed by atoms with E-state index in [-0.39, 0.29) is 17.6 Å². The maximum Gasteiger partial charge on any atom is 0.269 e. The standard InChI is InChI=1S/C17H16N4O2S/c1-21-14-10-6-5-9-13(14)18-17(21)24-11-15(22)19-20-16(23)12-7-3-2-4-8-12/h2-10H,11H2,1H3,(H,19,22)(H,20,23). The van der Waals surface area contributed by atoms with Crippen molar-refractivity contribution in [3.05, 3.63) is 60.2 Å². The fourth-order valence-corrected chi connectivity index (χ4v) is 2.99. The highest BCUT2D eigenvalue weighted by Gasteiger charge is 2.11. The van der Waals surface area contributed by atoms with E-state index < -0.39 is 0 Å². The number of fused-ring (bicyclic) bond motifs is 1. The molecule has 0 aliphatic carbocycles. The molecule has 0 bridgehead atoms. The second kappa shape index (κ2) is 7.18. The first-order chi connectivity index (χ1) is 11.6. The van der Waals surface area contributed by atoms with Gasteiger partial charge in [0.2, 0.25) is 5.91 Å². The van der Waals surface area contributed by atoms with Gasteiger partial charge in [0.25, 0.3) is 5.91 Å². The van der Waals surface area contributed by atoms with Crippen molar-refractivity contribution in [1.29, 1.82) is 0 Å². The Balaban J connectivity index is 1.54. The fourth-order valence-electron chi connectivity index (χ4n) is 2.21. The van der Waals surface area contributed by atoms with Crippen molar-refractivity contribution in [3.63, 3.8) is 0 Å². The molecule has 1 aromatic heterocycles. The number of amides is 2. The molecule has 24 heavy (non-hydrogen) atoms. The van der Waals surface area contributed by atoms with Gasteiger partial charge >= 0.3 is 0 Å². The molecule has 3 aromatic rings. The number of carbonyl (C=O) groups is 2. The van der Waals surface area contributed by atoms with Crippen molar-refractivity contribution in [2.75, 3.05) is 5.75 Å². The van der Waals surface area contributed by atoms with Crippen molar-refractivity contribution in [2.24, 2.45) is 7.05 Å². The van der Waals surface area contributed by atoms with Gasteiger partial charge in [-0.2, -0.15) is 0 Å². The summed E-state index contributed by atoms with van der Waals surface area (Å²) in [7, 11) is 1.91. The van der Waals surface area contributed by atoms with Gasteiger partial charge in [0, 0.05) is 12.6 Å². The van der Waals surface area contributed by atoms with Crippen LogP contribution in [-0.2, 0) is 11.8 Å². The Kier molecular flexibility index (Phi) is 4.81. The number of nitrogens with one attached hydrogen (secondary N) is 2. The minimum Gasteiger partial charge on any atom is -0.322 e. The molecule has 0 aliphatic heterocycles. The molecule has 2 N–H and O–H groups in total. The van der Waals surface area contributed by atoms with E-state index in [1.54, 1.807) is 24.3 Å². The second-order valence-electron chi connectivity index (χ2n) is 5.10. The summed E-state index contributed by atoms with van der Waals surface area (Å²) in [5.41, 5.74) is 7.19. The maximum absolute atomic E-state index is 11.9. The molecule has 0 saturated heterocycles. The zero-order chi connectivity index (χ0) is 16.9. The number of carbonyl (C=O) groups excluding carboxylic acids is 2. The van der Waals surface area contributed by atoms with Gasteiger partial charge in [-0.25, -0.2) is 4.98 Å². The summed E-state index contributed by atoms with van der Waals surface area (Å²) in [6.45, 7) is 0. The Labute approximate surface area is 143 Å². The number of thioether (sulfide) groups is 1. The molecule has 0 saturated carbocycles. The summed E-state index contributed by atoms with van der Waals surface area (Å²) in [4.78, 5) is 28.2. The zero-order valence-corrected chi connectivity index (χ0v) is 13.8. The SMILES string of the molecule is Cn1c(SCC(=O)NNC(=O)c2ccccc2)nc2ccccc21. The maximum atomic E-state index is 11.9. The van der Waals surface area contributed by atoms with Crippen molar-refractivity contribution in [3.8, 4) is 0 Å². The molecule has 0 spiro atoms. The topological polar surface area (TPSA) is 76.0 Å². The lowest BCUT2D eigenvalue weighted by Crippen LogP contribution is -2.42.